The molecular weight excluding hydrogens is 152 g/mol. The van der Waals surface area contributed by atoms with Crippen molar-refractivity contribution in [3.8, 4) is 5.75 Å². The molecule has 0 unspecified atom stereocenters. The van der Waals surface area contributed by atoms with Crippen molar-refractivity contribution in [3.63, 3.8) is 0 Å². The average molecular weight is 164 g/mol. The number of ketones is 1. The Morgan fingerprint density at radius 3 is 2.83 bits per heavy atom. The molecule has 2 heteroatoms. The van der Waals surface area contributed by atoms with Crippen molar-refractivity contribution >= 4 is 5.78 Å². The van der Waals surface area contributed by atoms with E-state index in [4.69, 9.17) is 5.11 Å². The Morgan fingerprint density at radius 1 is 1.50 bits per heavy atom. The zero-order valence-electron chi connectivity index (χ0n) is 7.08. The Bertz CT molecular complexity index is 279. The first-order valence-corrected chi connectivity index (χ1v) is 4.02. The van der Waals surface area contributed by atoms with Crippen molar-refractivity contribution in [1.82, 2.24) is 0 Å². The second kappa shape index (κ2) is 3.90. The second-order valence-electron chi connectivity index (χ2n) is 2.74. The molecule has 1 aromatic rings. The molecule has 0 amide bonds. The number of carbonyl (C=O) groups excluding carboxylic acids is 1. The molecule has 1 N–H and O–H groups in total. The van der Waals surface area contributed by atoms with E-state index in [0.717, 1.165) is 5.56 Å². The second-order valence-corrected chi connectivity index (χ2v) is 2.74. The van der Waals surface area contributed by atoms with Crippen LogP contribution in [-0.2, 0) is 11.2 Å². The van der Waals surface area contributed by atoms with Crippen LogP contribution in [0.5, 0.6) is 5.75 Å². The summed E-state index contributed by atoms with van der Waals surface area (Å²) in [4.78, 5) is 11.0. The van der Waals surface area contributed by atoms with Crippen molar-refractivity contribution in [1.29, 1.82) is 0 Å². The molecule has 0 atom stereocenters. The van der Waals surface area contributed by atoms with E-state index in [1.807, 2.05) is 13.0 Å². The van der Waals surface area contributed by atoms with Crippen LogP contribution in [0.15, 0.2) is 24.3 Å². The molecule has 0 spiro atoms. The largest absolute Gasteiger partial charge is 0.508 e. The van der Waals surface area contributed by atoms with Crippen molar-refractivity contribution in [2.45, 2.75) is 19.8 Å². The van der Waals surface area contributed by atoms with Gasteiger partial charge in [0.15, 0.2) is 0 Å². The quantitative estimate of drug-likeness (QED) is 0.741. The van der Waals surface area contributed by atoms with Gasteiger partial charge >= 0.3 is 0 Å². The highest BCUT2D eigenvalue weighted by molar-refractivity contribution is 5.80. The Hall–Kier alpha value is -1.31. The summed E-state index contributed by atoms with van der Waals surface area (Å²) in [6, 6.07) is 6.80. The third-order valence-corrected chi connectivity index (χ3v) is 1.71. The Kier molecular flexibility index (Phi) is 2.86. The third-order valence-electron chi connectivity index (χ3n) is 1.71. The first kappa shape index (κ1) is 8.78. The van der Waals surface area contributed by atoms with Crippen LogP contribution in [0.4, 0.5) is 0 Å². The lowest BCUT2D eigenvalue weighted by molar-refractivity contribution is -0.118. The van der Waals surface area contributed by atoms with Gasteiger partial charge in [0.2, 0.25) is 0 Å². The Labute approximate surface area is 71.8 Å². The maximum absolute atomic E-state index is 11.0. The summed E-state index contributed by atoms with van der Waals surface area (Å²) in [6.07, 6.45) is 0.973. The van der Waals surface area contributed by atoms with E-state index in [2.05, 4.69) is 0 Å². The summed E-state index contributed by atoms with van der Waals surface area (Å²) in [5.74, 6) is 0.414. The van der Waals surface area contributed by atoms with E-state index < -0.39 is 0 Å². The van der Waals surface area contributed by atoms with Crippen molar-refractivity contribution in [2.24, 2.45) is 0 Å². The molecule has 0 bridgehead atoms. The lowest BCUT2D eigenvalue weighted by Crippen LogP contribution is -1.99. The number of carbonyl (C=O) groups is 1. The van der Waals surface area contributed by atoms with Gasteiger partial charge in [-0.3, -0.25) is 4.79 Å². The molecule has 1 rings (SSSR count). The highest BCUT2D eigenvalue weighted by Gasteiger charge is 2.00. The molecule has 0 saturated carbocycles. The minimum absolute atomic E-state index is 0.195. The summed E-state index contributed by atoms with van der Waals surface area (Å²) < 4.78 is 0. The normalized spacial score (nSPS) is 9.75. The standard InChI is InChI=1S/C10H12O2/c1-2-9(11)6-8-4-3-5-10(12)7-8/h3-5,7,12H,2,6H2,1H3. The summed E-state index contributed by atoms with van der Waals surface area (Å²) >= 11 is 0. The van der Waals surface area contributed by atoms with Crippen LogP contribution in [0.25, 0.3) is 0 Å². The number of phenolic OH excluding ortho intramolecular Hbond substituents is 1. The van der Waals surface area contributed by atoms with E-state index in [1.54, 1.807) is 18.2 Å². The highest BCUT2D eigenvalue weighted by Crippen LogP contribution is 2.11. The summed E-state index contributed by atoms with van der Waals surface area (Å²) in [6.45, 7) is 1.84. The number of hydrogen-bond acceptors (Lipinski definition) is 2. The first-order chi connectivity index (χ1) is 5.72. The maximum atomic E-state index is 11.0. The molecule has 64 valence electrons. The van der Waals surface area contributed by atoms with E-state index in [0.29, 0.717) is 12.8 Å². The molecule has 0 saturated heterocycles. The van der Waals surface area contributed by atoms with Gasteiger partial charge in [0.25, 0.3) is 0 Å². The van der Waals surface area contributed by atoms with E-state index >= 15 is 0 Å². The van der Waals surface area contributed by atoms with Gasteiger partial charge in [-0.2, -0.15) is 0 Å². The summed E-state index contributed by atoms with van der Waals surface area (Å²) in [7, 11) is 0. The molecule has 0 aliphatic carbocycles. The smallest absolute Gasteiger partial charge is 0.136 e. The molecule has 2 nitrogen and oxygen atoms in total. The zero-order valence-corrected chi connectivity index (χ0v) is 7.08. The number of rotatable bonds is 3. The average Bonchev–Trinajstić information content (AvgIpc) is 2.04. The SMILES string of the molecule is CCC(=O)Cc1cccc(O)c1. The summed E-state index contributed by atoms with van der Waals surface area (Å²) in [5.41, 5.74) is 0.877. The molecule has 0 radical (unpaired) electrons. The third kappa shape index (κ3) is 2.38. The minimum Gasteiger partial charge on any atom is -0.508 e. The van der Waals surface area contributed by atoms with Crippen LogP contribution in [0.1, 0.15) is 18.9 Å². The zero-order chi connectivity index (χ0) is 8.97. The first-order valence-electron chi connectivity index (χ1n) is 4.02. The number of aromatic hydroxyl groups is 1. The predicted molar refractivity (Wildman–Crippen MR) is 47.1 cm³/mol. The molecule has 0 heterocycles. The molecular formula is C10H12O2. The van der Waals surface area contributed by atoms with Gasteiger partial charge in [-0.15, -0.1) is 0 Å². The van der Waals surface area contributed by atoms with E-state index in [1.165, 1.54) is 0 Å². The van der Waals surface area contributed by atoms with Gasteiger partial charge in [-0.05, 0) is 17.7 Å². The number of phenols is 1. The Balaban J connectivity index is 2.69. The van der Waals surface area contributed by atoms with Crippen molar-refractivity contribution < 1.29 is 9.90 Å². The van der Waals surface area contributed by atoms with Crippen molar-refractivity contribution in [2.75, 3.05) is 0 Å². The fraction of sp³-hybridized carbons (Fsp3) is 0.300. The fourth-order valence-electron chi connectivity index (χ4n) is 1.02. The van der Waals surface area contributed by atoms with Gasteiger partial charge in [0, 0.05) is 12.8 Å². The van der Waals surface area contributed by atoms with Crippen LogP contribution in [0.3, 0.4) is 0 Å². The highest BCUT2D eigenvalue weighted by atomic mass is 16.3. The molecule has 0 aliphatic heterocycles. The maximum Gasteiger partial charge on any atom is 0.136 e. The van der Waals surface area contributed by atoms with Gasteiger partial charge in [-0.1, -0.05) is 19.1 Å². The van der Waals surface area contributed by atoms with Crippen LogP contribution in [0, 0.1) is 0 Å². The van der Waals surface area contributed by atoms with Gasteiger partial charge in [-0.25, -0.2) is 0 Å². The molecule has 12 heavy (non-hydrogen) atoms. The van der Waals surface area contributed by atoms with Gasteiger partial charge in [0.1, 0.15) is 11.5 Å². The van der Waals surface area contributed by atoms with Crippen LogP contribution >= 0.6 is 0 Å². The topological polar surface area (TPSA) is 37.3 Å². The van der Waals surface area contributed by atoms with Gasteiger partial charge in [0.05, 0.1) is 0 Å². The molecule has 0 aromatic heterocycles. The monoisotopic (exact) mass is 164 g/mol. The fourth-order valence-corrected chi connectivity index (χ4v) is 1.02. The van der Waals surface area contributed by atoms with E-state index in [9.17, 15) is 4.79 Å². The molecule has 1 aromatic carbocycles. The summed E-state index contributed by atoms with van der Waals surface area (Å²) in [5, 5.41) is 9.09. The van der Waals surface area contributed by atoms with Gasteiger partial charge < -0.3 is 5.11 Å². The lowest BCUT2D eigenvalue weighted by Gasteiger charge is -1.98. The molecule has 0 fully saturated rings. The van der Waals surface area contributed by atoms with Crippen molar-refractivity contribution in [3.05, 3.63) is 29.8 Å². The van der Waals surface area contributed by atoms with Crippen LogP contribution in [0.2, 0.25) is 0 Å². The predicted octanol–water partition coefficient (Wildman–Crippen LogP) is 1.91. The number of benzene rings is 1. The number of Topliss-reactive ketones (excluding diaryl/α,β-unsaturated/α-hetero) is 1. The Morgan fingerprint density at radius 2 is 2.25 bits per heavy atom. The lowest BCUT2D eigenvalue weighted by atomic mass is 10.1. The molecule has 0 aliphatic rings. The minimum atomic E-state index is 0.195. The van der Waals surface area contributed by atoms with Crippen LogP contribution in [-0.4, -0.2) is 10.9 Å². The van der Waals surface area contributed by atoms with Crippen LogP contribution < -0.4 is 0 Å². The van der Waals surface area contributed by atoms with E-state index in [-0.39, 0.29) is 11.5 Å². The number of hydrogen-bond donors (Lipinski definition) is 1.